The van der Waals surface area contributed by atoms with Gasteiger partial charge < -0.3 is 4.74 Å². The molecule has 0 aliphatic carbocycles. The lowest BCUT2D eigenvalue weighted by molar-refractivity contribution is -0.0507. The van der Waals surface area contributed by atoms with Crippen molar-refractivity contribution < 1.29 is 4.74 Å². The summed E-state index contributed by atoms with van der Waals surface area (Å²) in [4.78, 5) is 0. The number of nitrogens with one attached hydrogen (secondary N) is 1. The molecule has 5 nitrogen and oxygen atoms in total. The molecule has 0 aliphatic heterocycles. The molecule has 0 spiro atoms. The van der Waals surface area contributed by atoms with E-state index in [2.05, 4.69) is 24.4 Å². The van der Waals surface area contributed by atoms with Gasteiger partial charge in [-0.25, -0.2) is 5.43 Å². The largest absolute Gasteiger partial charge is 0.376 e. The average Bonchev–Trinajstić information content (AvgIpc) is 2.77. The van der Waals surface area contributed by atoms with Crippen molar-refractivity contribution in [2.75, 3.05) is 7.11 Å². The SMILES string of the molecule is CCn1ncc(Cl)c1C(NN)C(CC)(CC)OC. The molecule has 0 radical (unpaired) electrons. The third kappa shape index (κ3) is 2.54. The average molecular weight is 275 g/mol. The second-order valence-electron chi connectivity index (χ2n) is 4.27. The van der Waals surface area contributed by atoms with E-state index >= 15 is 0 Å². The maximum atomic E-state index is 6.24. The molecule has 1 aromatic rings. The first kappa shape index (κ1) is 15.4. The van der Waals surface area contributed by atoms with E-state index in [1.807, 2.05) is 11.6 Å². The number of nitrogens with zero attached hydrogens (tertiary/aromatic N) is 2. The summed E-state index contributed by atoms with van der Waals surface area (Å²) in [6.45, 7) is 6.93. The first-order valence-corrected chi connectivity index (χ1v) is 6.70. The van der Waals surface area contributed by atoms with Gasteiger partial charge in [0.2, 0.25) is 0 Å². The molecule has 1 aromatic heterocycles. The number of ether oxygens (including phenoxy) is 1. The molecule has 1 unspecified atom stereocenters. The Bertz CT molecular complexity index is 368. The normalized spacial score (nSPS) is 13.9. The van der Waals surface area contributed by atoms with Gasteiger partial charge in [-0.15, -0.1) is 0 Å². The second kappa shape index (κ2) is 6.52. The number of aryl methyl sites for hydroxylation is 1. The third-order valence-electron chi connectivity index (χ3n) is 3.70. The van der Waals surface area contributed by atoms with Gasteiger partial charge in [-0.05, 0) is 19.8 Å². The Morgan fingerprint density at radius 2 is 2.11 bits per heavy atom. The van der Waals surface area contributed by atoms with Crippen molar-refractivity contribution in [3.05, 3.63) is 16.9 Å². The lowest BCUT2D eigenvalue weighted by atomic mass is 9.86. The molecule has 0 aromatic carbocycles. The Morgan fingerprint density at radius 1 is 1.50 bits per heavy atom. The first-order chi connectivity index (χ1) is 8.60. The minimum atomic E-state index is -0.384. The van der Waals surface area contributed by atoms with Crippen LogP contribution in [-0.2, 0) is 11.3 Å². The minimum Gasteiger partial charge on any atom is -0.376 e. The number of hydrazine groups is 1. The summed E-state index contributed by atoms with van der Waals surface area (Å²) in [5, 5.41) is 4.87. The van der Waals surface area contributed by atoms with E-state index in [1.54, 1.807) is 13.3 Å². The van der Waals surface area contributed by atoms with Crippen molar-refractivity contribution in [2.24, 2.45) is 5.84 Å². The highest BCUT2D eigenvalue weighted by atomic mass is 35.5. The molecule has 1 rings (SSSR count). The predicted octanol–water partition coefficient (Wildman–Crippen LogP) is 2.27. The van der Waals surface area contributed by atoms with Crippen LogP contribution in [0, 0.1) is 0 Å². The molecular weight excluding hydrogens is 252 g/mol. The maximum Gasteiger partial charge on any atom is 0.0933 e. The van der Waals surface area contributed by atoms with E-state index in [0.717, 1.165) is 25.1 Å². The number of nitrogens with two attached hydrogens (primary N) is 1. The highest BCUT2D eigenvalue weighted by molar-refractivity contribution is 6.31. The quantitative estimate of drug-likeness (QED) is 0.591. The maximum absolute atomic E-state index is 6.24. The van der Waals surface area contributed by atoms with Crippen molar-refractivity contribution in [1.29, 1.82) is 0 Å². The second-order valence-corrected chi connectivity index (χ2v) is 4.68. The monoisotopic (exact) mass is 274 g/mol. The van der Waals surface area contributed by atoms with Gasteiger partial charge in [0.1, 0.15) is 0 Å². The molecule has 104 valence electrons. The summed E-state index contributed by atoms with van der Waals surface area (Å²) in [6, 6.07) is -0.188. The summed E-state index contributed by atoms with van der Waals surface area (Å²) in [5.74, 6) is 5.74. The van der Waals surface area contributed by atoms with Crippen LogP contribution in [0.1, 0.15) is 45.3 Å². The zero-order valence-electron chi connectivity index (χ0n) is 11.5. The van der Waals surface area contributed by atoms with Gasteiger partial charge in [-0.2, -0.15) is 5.10 Å². The van der Waals surface area contributed by atoms with Crippen LogP contribution in [0.5, 0.6) is 0 Å². The molecule has 1 heterocycles. The van der Waals surface area contributed by atoms with Crippen molar-refractivity contribution in [3.8, 4) is 0 Å². The fraction of sp³-hybridized carbons (Fsp3) is 0.750. The zero-order valence-corrected chi connectivity index (χ0v) is 12.3. The first-order valence-electron chi connectivity index (χ1n) is 6.32. The summed E-state index contributed by atoms with van der Waals surface area (Å²) in [5.41, 5.74) is 3.34. The smallest absolute Gasteiger partial charge is 0.0933 e. The standard InChI is InChI=1S/C12H23ClN4O/c1-5-12(6-2,18-4)11(16-14)10-9(13)8-15-17(10)7-3/h8,11,16H,5-7,14H2,1-4H3. The summed E-state index contributed by atoms with van der Waals surface area (Å²) < 4.78 is 7.58. The summed E-state index contributed by atoms with van der Waals surface area (Å²) in [6.07, 6.45) is 3.32. The lowest BCUT2D eigenvalue weighted by Gasteiger charge is -2.38. The van der Waals surface area contributed by atoms with Crippen LogP contribution in [0.4, 0.5) is 0 Å². The van der Waals surface area contributed by atoms with E-state index in [1.165, 1.54) is 0 Å². The highest BCUT2D eigenvalue weighted by Crippen LogP contribution is 2.37. The van der Waals surface area contributed by atoms with Gasteiger partial charge in [-0.1, -0.05) is 25.4 Å². The fourth-order valence-corrected chi connectivity index (χ4v) is 2.71. The van der Waals surface area contributed by atoms with Gasteiger partial charge in [0.25, 0.3) is 0 Å². The Balaban J connectivity index is 3.27. The van der Waals surface area contributed by atoms with Crippen molar-refractivity contribution >= 4 is 11.6 Å². The summed E-state index contributed by atoms with van der Waals surface area (Å²) >= 11 is 6.24. The Morgan fingerprint density at radius 3 is 2.50 bits per heavy atom. The van der Waals surface area contributed by atoms with E-state index in [4.69, 9.17) is 22.2 Å². The molecule has 0 fully saturated rings. The summed E-state index contributed by atoms with van der Waals surface area (Å²) in [7, 11) is 1.71. The third-order valence-corrected chi connectivity index (χ3v) is 3.99. The number of hydrogen-bond donors (Lipinski definition) is 2. The van der Waals surface area contributed by atoms with Gasteiger partial charge in [-0.3, -0.25) is 10.5 Å². The molecule has 0 bridgehead atoms. The molecular formula is C12H23ClN4O. The molecule has 0 amide bonds. The van der Waals surface area contributed by atoms with Gasteiger partial charge in [0, 0.05) is 13.7 Å². The van der Waals surface area contributed by atoms with Crippen LogP contribution >= 0.6 is 11.6 Å². The highest BCUT2D eigenvalue weighted by Gasteiger charge is 2.39. The van der Waals surface area contributed by atoms with Crippen molar-refractivity contribution in [1.82, 2.24) is 15.2 Å². The van der Waals surface area contributed by atoms with E-state index < -0.39 is 0 Å². The number of methoxy groups -OCH3 is 1. The topological polar surface area (TPSA) is 65.1 Å². The molecule has 0 saturated heterocycles. The number of rotatable bonds is 7. The fourth-order valence-electron chi connectivity index (χ4n) is 2.46. The van der Waals surface area contributed by atoms with Crippen LogP contribution < -0.4 is 11.3 Å². The van der Waals surface area contributed by atoms with Crippen LogP contribution in [-0.4, -0.2) is 22.5 Å². The molecule has 6 heteroatoms. The molecule has 0 saturated carbocycles. The molecule has 3 N–H and O–H groups in total. The number of aromatic nitrogens is 2. The Labute approximate surface area is 114 Å². The van der Waals surface area contributed by atoms with Gasteiger partial charge in [0.05, 0.1) is 28.6 Å². The lowest BCUT2D eigenvalue weighted by Crippen LogP contribution is -2.48. The molecule has 1 atom stereocenters. The van der Waals surface area contributed by atoms with Crippen LogP contribution in [0.15, 0.2) is 6.20 Å². The van der Waals surface area contributed by atoms with E-state index in [-0.39, 0.29) is 11.6 Å². The Hall–Kier alpha value is -0.620. The number of halogens is 1. The molecule has 18 heavy (non-hydrogen) atoms. The van der Waals surface area contributed by atoms with Crippen molar-refractivity contribution in [2.45, 2.75) is 51.8 Å². The molecule has 0 aliphatic rings. The predicted molar refractivity (Wildman–Crippen MR) is 73.3 cm³/mol. The zero-order chi connectivity index (χ0) is 13.8. The minimum absolute atomic E-state index is 0.188. The van der Waals surface area contributed by atoms with E-state index in [0.29, 0.717) is 5.02 Å². The van der Waals surface area contributed by atoms with Crippen LogP contribution in [0.25, 0.3) is 0 Å². The van der Waals surface area contributed by atoms with Crippen molar-refractivity contribution in [3.63, 3.8) is 0 Å². The van der Waals surface area contributed by atoms with Crippen LogP contribution in [0.2, 0.25) is 5.02 Å². The number of hydrogen-bond acceptors (Lipinski definition) is 4. The van der Waals surface area contributed by atoms with Gasteiger partial charge in [0.15, 0.2) is 0 Å². The van der Waals surface area contributed by atoms with Crippen LogP contribution in [0.3, 0.4) is 0 Å². The van der Waals surface area contributed by atoms with E-state index in [9.17, 15) is 0 Å². The van der Waals surface area contributed by atoms with Gasteiger partial charge >= 0.3 is 0 Å². The Kier molecular flexibility index (Phi) is 5.59.